The number of fused-ring (bicyclic) bond motifs is 1. The van der Waals surface area contributed by atoms with E-state index >= 15 is 0 Å². The molecule has 0 saturated carbocycles. The molecule has 1 amide bonds. The standard InChI is InChI=1S/C10H16N5O4PS/c11-10-13-8-7(9(16)14-10)12-4-15(8)6-2-1-5(19-6)3-18-20(17)21/h4-6,10,13,20H,1-3,11H2,(H,14,16)(H,17,21)/t5-,6+,10?/m0/s1. The molecule has 2 unspecified atom stereocenters. The first-order chi connectivity index (χ1) is 10.0. The highest BCUT2D eigenvalue weighted by atomic mass is 32.7. The number of rotatable bonds is 4. The SMILES string of the molecule is NC1NC(=O)c2ncn([C@H]3CC[C@@H](CO[PH](=O)S)O3)c2N1. The maximum absolute atomic E-state index is 11.8. The van der Waals surface area contributed by atoms with Gasteiger partial charge in [-0.1, -0.05) is 12.2 Å². The number of thiol groups is 1. The monoisotopic (exact) mass is 333 g/mol. The van der Waals surface area contributed by atoms with E-state index < -0.39 is 13.5 Å². The highest BCUT2D eigenvalue weighted by molar-refractivity contribution is 8.39. The fraction of sp³-hybridized carbons (Fsp3) is 0.600. The molecule has 2 aliphatic heterocycles. The van der Waals surface area contributed by atoms with Crippen molar-refractivity contribution in [1.82, 2.24) is 14.9 Å². The summed E-state index contributed by atoms with van der Waals surface area (Å²) in [4.78, 5) is 15.8. The van der Waals surface area contributed by atoms with Gasteiger partial charge in [0.2, 0.25) is 7.23 Å². The molecule has 11 heteroatoms. The number of amides is 1. The van der Waals surface area contributed by atoms with E-state index in [4.69, 9.17) is 15.0 Å². The van der Waals surface area contributed by atoms with Gasteiger partial charge >= 0.3 is 0 Å². The number of anilines is 1. The first-order valence-electron chi connectivity index (χ1n) is 6.45. The number of hydrogen-bond donors (Lipinski definition) is 4. The molecule has 3 rings (SSSR count). The zero-order valence-corrected chi connectivity index (χ0v) is 12.9. The number of nitrogens with zero attached hydrogens (tertiary/aromatic N) is 2. The second kappa shape index (κ2) is 5.98. The number of nitrogens with one attached hydrogen (secondary N) is 2. The molecule has 0 bridgehead atoms. The maximum Gasteiger partial charge on any atom is 0.276 e. The minimum Gasteiger partial charge on any atom is -0.352 e. The summed E-state index contributed by atoms with van der Waals surface area (Å²) in [5.74, 6) is 0.224. The summed E-state index contributed by atoms with van der Waals surface area (Å²) in [5, 5.41) is 5.49. The van der Waals surface area contributed by atoms with E-state index in [1.165, 1.54) is 0 Å². The molecule has 2 aliphatic rings. The van der Waals surface area contributed by atoms with Crippen LogP contribution in [0.15, 0.2) is 6.33 Å². The Bertz CT molecular complexity index is 582. The minimum absolute atomic E-state index is 0.153. The van der Waals surface area contributed by atoms with Crippen molar-refractivity contribution in [1.29, 1.82) is 0 Å². The lowest BCUT2D eigenvalue weighted by Gasteiger charge is -2.25. The predicted octanol–water partition coefficient (Wildman–Crippen LogP) is 0.294. The van der Waals surface area contributed by atoms with Crippen LogP contribution in [0.1, 0.15) is 29.6 Å². The van der Waals surface area contributed by atoms with E-state index in [-0.39, 0.29) is 24.8 Å². The van der Waals surface area contributed by atoms with Crippen LogP contribution in [0.25, 0.3) is 0 Å². The third-order valence-corrected chi connectivity index (χ3v) is 4.18. The van der Waals surface area contributed by atoms with Crippen molar-refractivity contribution >= 4 is 31.2 Å². The Balaban J connectivity index is 1.71. The molecule has 1 saturated heterocycles. The first kappa shape index (κ1) is 14.9. The van der Waals surface area contributed by atoms with E-state index in [0.717, 1.165) is 12.8 Å². The van der Waals surface area contributed by atoms with E-state index in [1.54, 1.807) is 10.9 Å². The molecule has 21 heavy (non-hydrogen) atoms. The number of nitrogens with two attached hydrogens (primary N) is 1. The highest BCUT2D eigenvalue weighted by Gasteiger charge is 2.33. The molecule has 9 nitrogen and oxygen atoms in total. The van der Waals surface area contributed by atoms with Gasteiger partial charge < -0.3 is 19.9 Å². The zero-order chi connectivity index (χ0) is 15.0. The summed E-state index contributed by atoms with van der Waals surface area (Å²) in [6, 6.07) is 0. The molecule has 1 aromatic heterocycles. The summed E-state index contributed by atoms with van der Waals surface area (Å²) in [7, 11) is -2.26. The summed E-state index contributed by atoms with van der Waals surface area (Å²) < 4.78 is 23.4. The van der Waals surface area contributed by atoms with Gasteiger partial charge in [-0.3, -0.25) is 19.7 Å². The molecule has 4 N–H and O–H groups in total. The normalized spacial score (nSPS) is 29.6. The molecular weight excluding hydrogens is 317 g/mol. The third kappa shape index (κ3) is 3.09. The molecular formula is C10H16N5O4PS. The molecule has 0 aromatic carbocycles. The van der Waals surface area contributed by atoms with Crippen LogP contribution in [0, 0.1) is 0 Å². The van der Waals surface area contributed by atoms with Crippen molar-refractivity contribution < 1.29 is 18.6 Å². The van der Waals surface area contributed by atoms with E-state index in [1.807, 2.05) is 0 Å². The van der Waals surface area contributed by atoms with Crippen LogP contribution in [0.5, 0.6) is 0 Å². The summed E-state index contributed by atoms with van der Waals surface area (Å²) in [5.41, 5.74) is 5.98. The van der Waals surface area contributed by atoms with Gasteiger partial charge in [0.15, 0.2) is 12.0 Å². The quantitative estimate of drug-likeness (QED) is 0.462. The lowest BCUT2D eigenvalue weighted by molar-refractivity contribution is -0.0151. The highest BCUT2D eigenvalue weighted by Crippen LogP contribution is 2.35. The second-order valence-electron chi connectivity index (χ2n) is 4.81. The van der Waals surface area contributed by atoms with E-state index in [9.17, 15) is 9.36 Å². The molecule has 1 aromatic rings. The number of hydrogen-bond acceptors (Lipinski definition) is 7. The molecule has 1 fully saturated rings. The van der Waals surface area contributed by atoms with Crippen LogP contribution in [0.2, 0.25) is 0 Å². The van der Waals surface area contributed by atoms with Gasteiger partial charge in [0.1, 0.15) is 12.0 Å². The Morgan fingerprint density at radius 2 is 2.38 bits per heavy atom. The first-order valence-corrected chi connectivity index (χ1v) is 9.06. The van der Waals surface area contributed by atoms with Crippen LogP contribution in [-0.4, -0.2) is 34.5 Å². The van der Waals surface area contributed by atoms with Crippen LogP contribution in [0.4, 0.5) is 5.82 Å². The van der Waals surface area contributed by atoms with Crippen molar-refractivity contribution in [2.75, 3.05) is 11.9 Å². The van der Waals surface area contributed by atoms with E-state index in [0.29, 0.717) is 11.5 Å². The topological polar surface area (TPSA) is 121 Å². The fourth-order valence-electron chi connectivity index (χ4n) is 2.46. The Kier molecular flexibility index (Phi) is 4.23. The molecule has 116 valence electrons. The molecule has 0 spiro atoms. The van der Waals surface area contributed by atoms with Crippen molar-refractivity contribution in [3.05, 3.63) is 12.0 Å². The molecule has 0 radical (unpaired) electrons. The maximum atomic E-state index is 11.8. The molecule has 0 aliphatic carbocycles. The van der Waals surface area contributed by atoms with E-state index in [2.05, 4.69) is 27.9 Å². The van der Waals surface area contributed by atoms with Crippen LogP contribution >= 0.6 is 19.5 Å². The van der Waals surface area contributed by atoms with Gasteiger partial charge in [-0.2, -0.15) is 0 Å². The number of ether oxygens (including phenoxy) is 1. The Labute approximate surface area is 126 Å². The van der Waals surface area contributed by atoms with Crippen LogP contribution in [0.3, 0.4) is 0 Å². The molecule has 4 atom stereocenters. The Hall–Kier alpha value is -1.06. The molecule has 3 heterocycles. The van der Waals surface area contributed by atoms with Crippen LogP contribution < -0.4 is 16.4 Å². The number of carbonyl (C=O) groups is 1. The van der Waals surface area contributed by atoms with Gasteiger partial charge in [-0.25, -0.2) is 4.98 Å². The van der Waals surface area contributed by atoms with Gasteiger partial charge in [0.25, 0.3) is 5.91 Å². The Morgan fingerprint density at radius 1 is 1.57 bits per heavy atom. The van der Waals surface area contributed by atoms with Crippen molar-refractivity contribution in [3.63, 3.8) is 0 Å². The average molecular weight is 333 g/mol. The number of carbonyl (C=O) groups excluding carboxylic acids is 1. The largest absolute Gasteiger partial charge is 0.352 e. The number of imidazole rings is 1. The smallest absolute Gasteiger partial charge is 0.276 e. The average Bonchev–Trinajstić information content (AvgIpc) is 3.02. The van der Waals surface area contributed by atoms with Gasteiger partial charge in [0.05, 0.1) is 19.0 Å². The van der Waals surface area contributed by atoms with Crippen molar-refractivity contribution in [2.24, 2.45) is 5.73 Å². The second-order valence-corrected chi connectivity index (χ2v) is 6.73. The van der Waals surface area contributed by atoms with Crippen LogP contribution in [-0.2, 0) is 13.8 Å². The van der Waals surface area contributed by atoms with Crippen molar-refractivity contribution in [3.8, 4) is 0 Å². The predicted molar refractivity (Wildman–Crippen MR) is 78.4 cm³/mol. The lowest BCUT2D eigenvalue weighted by atomic mass is 10.2. The number of aromatic nitrogens is 2. The minimum atomic E-state index is -2.26. The fourth-order valence-corrected chi connectivity index (χ4v) is 3.01. The van der Waals surface area contributed by atoms with Gasteiger partial charge in [-0.05, 0) is 12.8 Å². The summed E-state index contributed by atoms with van der Waals surface area (Å²) in [6.45, 7) is 0.238. The lowest BCUT2D eigenvalue weighted by Crippen LogP contribution is -2.51. The summed E-state index contributed by atoms with van der Waals surface area (Å²) in [6.07, 6.45) is 1.98. The summed E-state index contributed by atoms with van der Waals surface area (Å²) >= 11 is 3.72. The van der Waals surface area contributed by atoms with Gasteiger partial charge in [0, 0.05) is 0 Å². The zero-order valence-electron chi connectivity index (χ0n) is 11.0. The van der Waals surface area contributed by atoms with Crippen molar-refractivity contribution in [2.45, 2.75) is 31.5 Å². The third-order valence-electron chi connectivity index (χ3n) is 3.38. The Morgan fingerprint density at radius 3 is 3.14 bits per heavy atom. The van der Waals surface area contributed by atoms with Gasteiger partial charge in [-0.15, -0.1) is 0 Å².